The lowest BCUT2D eigenvalue weighted by atomic mass is 9.81. The van der Waals surface area contributed by atoms with Crippen LogP contribution in [0.5, 0.6) is 11.5 Å². The second-order valence-electron chi connectivity index (χ2n) is 5.26. The van der Waals surface area contributed by atoms with Crippen molar-refractivity contribution in [3.05, 3.63) is 23.8 Å². The van der Waals surface area contributed by atoms with Gasteiger partial charge in [0.15, 0.2) is 0 Å². The summed E-state index contributed by atoms with van der Waals surface area (Å²) >= 11 is 0. The molecule has 2 rings (SSSR count). The van der Waals surface area contributed by atoms with E-state index in [1.807, 2.05) is 32.0 Å². The minimum absolute atomic E-state index is 0.0182. The summed E-state index contributed by atoms with van der Waals surface area (Å²) in [6.45, 7) is 3.96. The number of methoxy groups -OCH3 is 2. The fourth-order valence-corrected chi connectivity index (χ4v) is 2.92. The first-order chi connectivity index (χ1) is 8.98. The average molecular weight is 266 g/mol. The molecule has 4 heteroatoms. The predicted octanol–water partition coefficient (Wildman–Crippen LogP) is 2.48. The van der Waals surface area contributed by atoms with Crippen LogP contribution < -0.4 is 9.47 Å². The molecule has 1 heterocycles. The molecule has 1 aliphatic heterocycles. The van der Waals surface area contributed by atoms with Crippen molar-refractivity contribution in [1.82, 2.24) is 0 Å². The van der Waals surface area contributed by atoms with E-state index in [2.05, 4.69) is 0 Å². The molecule has 1 fully saturated rings. The normalized spacial score (nSPS) is 31.0. The highest BCUT2D eigenvalue weighted by Gasteiger charge is 2.40. The van der Waals surface area contributed by atoms with Gasteiger partial charge in [-0.2, -0.15) is 0 Å². The van der Waals surface area contributed by atoms with E-state index >= 15 is 0 Å². The second-order valence-corrected chi connectivity index (χ2v) is 5.26. The quantitative estimate of drug-likeness (QED) is 0.913. The van der Waals surface area contributed by atoms with Gasteiger partial charge in [-0.15, -0.1) is 0 Å². The first-order valence-corrected chi connectivity index (χ1v) is 6.59. The molecule has 106 valence electrons. The van der Waals surface area contributed by atoms with Crippen LogP contribution in [0.4, 0.5) is 0 Å². The molecule has 0 radical (unpaired) electrons. The van der Waals surface area contributed by atoms with Gasteiger partial charge in [0.2, 0.25) is 0 Å². The van der Waals surface area contributed by atoms with Gasteiger partial charge in [0.25, 0.3) is 0 Å². The third-order valence-electron chi connectivity index (χ3n) is 3.62. The van der Waals surface area contributed by atoms with Gasteiger partial charge >= 0.3 is 0 Å². The lowest BCUT2D eigenvalue weighted by Crippen LogP contribution is -2.41. The molecule has 0 aromatic heterocycles. The summed E-state index contributed by atoms with van der Waals surface area (Å²) in [7, 11) is 3.23. The summed E-state index contributed by atoms with van der Waals surface area (Å²) < 4.78 is 16.3. The van der Waals surface area contributed by atoms with Crippen LogP contribution in [0.25, 0.3) is 0 Å². The minimum Gasteiger partial charge on any atom is -0.497 e. The maximum absolute atomic E-state index is 11.0. The van der Waals surface area contributed by atoms with Gasteiger partial charge < -0.3 is 19.3 Å². The van der Waals surface area contributed by atoms with Crippen LogP contribution in [0, 0.1) is 0 Å². The van der Waals surface area contributed by atoms with Gasteiger partial charge in [-0.3, -0.25) is 0 Å². The Labute approximate surface area is 114 Å². The molecule has 1 N–H and O–H groups in total. The van der Waals surface area contributed by atoms with Gasteiger partial charge in [0.05, 0.1) is 32.0 Å². The van der Waals surface area contributed by atoms with E-state index in [9.17, 15) is 5.11 Å². The number of rotatable bonds is 3. The fraction of sp³-hybridized carbons (Fsp3) is 0.600. The first kappa shape index (κ1) is 14.2. The Morgan fingerprint density at radius 1 is 1.16 bits per heavy atom. The molecule has 0 bridgehead atoms. The van der Waals surface area contributed by atoms with E-state index in [0.717, 1.165) is 11.3 Å². The molecule has 0 saturated carbocycles. The van der Waals surface area contributed by atoms with Crippen LogP contribution in [0.3, 0.4) is 0 Å². The fourth-order valence-electron chi connectivity index (χ4n) is 2.92. The Kier molecular flexibility index (Phi) is 4.02. The van der Waals surface area contributed by atoms with Crippen LogP contribution in [0.2, 0.25) is 0 Å². The molecule has 4 nitrogen and oxygen atoms in total. The van der Waals surface area contributed by atoms with Crippen molar-refractivity contribution in [2.75, 3.05) is 14.2 Å². The van der Waals surface area contributed by atoms with Crippen molar-refractivity contribution in [1.29, 1.82) is 0 Å². The molecular weight excluding hydrogens is 244 g/mol. The molecule has 19 heavy (non-hydrogen) atoms. The lowest BCUT2D eigenvalue weighted by molar-refractivity contribution is -0.136. The minimum atomic E-state index is -0.934. The number of aliphatic hydroxyl groups is 1. The Bertz CT molecular complexity index is 434. The molecule has 1 saturated heterocycles. The van der Waals surface area contributed by atoms with Crippen LogP contribution in [-0.2, 0) is 10.3 Å². The topological polar surface area (TPSA) is 47.9 Å². The van der Waals surface area contributed by atoms with E-state index < -0.39 is 5.60 Å². The number of benzene rings is 1. The highest BCUT2D eigenvalue weighted by Crippen LogP contribution is 2.42. The van der Waals surface area contributed by atoms with Gasteiger partial charge in [0.1, 0.15) is 11.5 Å². The molecule has 0 aliphatic carbocycles. The standard InChI is InChI=1S/C15H22O4/c1-10-8-15(16,9-11(2)19-10)13-7-12(17-3)5-6-14(13)18-4/h5-7,10-11,16H,8-9H2,1-4H3. The number of hydrogen-bond acceptors (Lipinski definition) is 4. The molecule has 1 aromatic carbocycles. The highest BCUT2D eigenvalue weighted by atomic mass is 16.5. The third-order valence-corrected chi connectivity index (χ3v) is 3.62. The molecule has 0 amide bonds. The van der Waals surface area contributed by atoms with E-state index in [0.29, 0.717) is 18.6 Å². The average Bonchev–Trinajstić information content (AvgIpc) is 2.36. The van der Waals surface area contributed by atoms with Gasteiger partial charge in [-0.25, -0.2) is 0 Å². The zero-order valence-electron chi connectivity index (χ0n) is 12.0. The maximum atomic E-state index is 11.0. The molecular formula is C15H22O4. The van der Waals surface area contributed by atoms with Crippen LogP contribution in [0.1, 0.15) is 32.3 Å². The zero-order chi connectivity index (χ0) is 14.0. The third kappa shape index (κ3) is 2.85. The van der Waals surface area contributed by atoms with Crippen LogP contribution in [0.15, 0.2) is 18.2 Å². The van der Waals surface area contributed by atoms with Crippen molar-refractivity contribution in [3.63, 3.8) is 0 Å². The summed E-state index contributed by atoms with van der Waals surface area (Å²) in [5.41, 5.74) is -0.159. The predicted molar refractivity (Wildman–Crippen MR) is 72.7 cm³/mol. The van der Waals surface area contributed by atoms with E-state index in [-0.39, 0.29) is 12.2 Å². The van der Waals surface area contributed by atoms with Gasteiger partial charge in [0, 0.05) is 18.4 Å². The van der Waals surface area contributed by atoms with E-state index in [1.165, 1.54) is 0 Å². The smallest absolute Gasteiger partial charge is 0.125 e. The summed E-state index contributed by atoms with van der Waals surface area (Å²) in [6, 6.07) is 5.51. The Hall–Kier alpha value is -1.26. The SMILES string of the molecule is COc1ccc(OC)c(C2(O)CC(C)OC(C)C2)c1. The number of ether oxygens (including phenoxy) is 3. The van der Waals surface area contributed by atoms with Crippen molar-refractivity contribution in [3.8, 4) is 11.5 Å². The van der Waals surface area contributed by atoms with Gasteiger partial charge in [-0.05, 0) is 32.0 Å². The first-order valence-electron chi connectivity index (χ1n) is 6.59. The summed E-state index contributed by atoms with van der Waals surface area (Å²) in [5.74, 6) is 1.40. The molecule has 2 atom stereocenters. The van der Waals surface area contributed by atoms with Crippen molar-refractivity contribution >= 4 is 0 Å². The summed E-state index contributed by atoms with van der Waals surface area (Å²) in [4.78, 5) is 0. The Morgan fingerprint density at radius 3 is 2.32 bits per heavy atom. The maximum Gasteiger partial charge on any atom is 0.125 e. The summed E-state index contributed by atoms with van der Waals surface area (Å²) in [6.07, 6.45) is 1.15. The molecule has 0 spiro atoms. The lowest BCUT2D eigenvalue weighted by Gasteiger charge is -2.40. The van der Waals surface area contributed by atoms with Crippen molar-refractivity contribution in [2.24, 2.45) is 0 Å². The monoisotopic (exact) mass is 266 g/mol. The molecule has 1 aliphatic rings. The van der Waals surface area contributed by atoms with Crippen molar-refractivity contribution < 1.29 is 19.3 Å². The highest BCUT2D eigenvalue weighted by molar-refractivity contribution is 5.44. The van der Waals surface area contributed by atoms with E-state index in [4.69, 9.17) is 14.2 Å². The Morgan fingerprint density at radius 2 is 1.79 bits per heavy atom. The van der Waals surface area contributed by atoms with Gasteiger partial charge in [-0.1, -0.05) is 0 Å². The molecule has 2 unspecified atom stereocenters. The largest absolute Gasteiger partial charge is 0.497 e. The Balaban J connectivity index is 2.43. The zero-order valence-corrected chi connectivity index (χ0v) is 12.0. The van der Waals surface area contributed by atoms with E-state index in [1.54, 1.807) is 14.2 Å². The number of hydrogen-bond donors (Lipinski definition) is 1. The summed E-state index contributed by atoms with van der Waals surface area (Å²) in [5, 5.41) is 11.0. The van der Waals surface area contributed by atoms with Crippen LogP contribution >= 0.6 is 0 Å². The van der Waals surface area contributed by atoms with Crippen molar-refractivity contribution in [2.45, 2.75) is 44.5 Å². The second kappa shape index (κ2) is 5.39. The van der Waals surface area contributed by atoms with Crippen LogP contribution in [-0.4, -0.2) is 31.5 Å². The molecule has 1 aromatic rings.